The Balaban J connectivity index is 2.49. The molecule has 0 unspecified atom stereocenters. The third-order valence-corrected chi connectivity index (χ3v) is 3.83. The highest BCUT2D eigenvalue weighted by Gasteiger charge is 2.21. The Morgan fingerprint density at radius 1 is 1.35 bits per heavy atom. The van der Waals surface area contributed by atoms with Crippen LogP contribution in [-0.2, 0) is 14.6 Å². The molecule has 0 aliphatic carbocycles. The fourth-order valence-corrected chi connectivity index (χ4v) is 2.73. The maximum atomic E-state index is 11.8. The second kappa shape index (κ2) is 6.35. The topological polar surface area (TPSA) is 66.5 Å². The van der Waals surface area contributed by atoms with E-state index in [0.29, 0.717) is 19.0 Å². The van der Waals surface area contributed by atoms with Crippen molar-refractivity contribution in [1.82, 2.24) is 10.2 Å². The molecule has 0 aromatic heterocycles. The van der Waals surface area contributed by atoms with E-state index >= 15 is 0 Å². The number of nitrogens with zero attached hydrogens (tertiary/aromatic N) is 1. The Kier molecular flexibility index (Phi) is 5.39. The van der Waals surface area contributed by atoms with Crippen LogP contribution in [0.4, 0.5) is 0 Å². The van der Waals surface area contributed by atoms with Crippen LogP contribution in [0.25, 0.3) is 0 Å². The van der Waals surface area contributed by atoms with Gasteiger partial charge in [0.25, 0.3) is 0 Å². The van der Waals surface area contributed by atoms with Gasteiger partial charge in [0.2, 0.25) is 5.91 Å². The van der Waals surface area contributed by atoms with Crippen molar-refractivity contribution >= 4 is 15.7 Å². The molecule has 0 aromatic rings. The van der Waals surface area contributed by atoms with Crippen LogP contribution in [0.1, 0.15) is 19.8 Å². The molecular weight excluding hydrogens is 240 g/mol. The minimum absolute atomic E-state index is 0.270. The van der Waals surface area contributed by atoms with Gasteiger partial charge in [0, 0.05) is 19.3 Å². The van der Waals surface area contributed by atoms with E-state index in [-0.39, 0.29) is 11.7 Å². The van der Waals surface area contributed by atoms with Crippen LogP contribution in [-0.4, -0.2) is 57.4 Å². The fraction of sp³-hybridized carbons (Fsp3) is 0.909. The Bertz CT molecular complexity index is 348. The zero-order valence-corrected chi connectivity index (χ0v) is 11.4. The second-order valence-corrected chi connectivity index (χ2v) is 6.84. The summed E-state index contributed by atoms with van der Waals surface area (Å²) in [7, 11) is -3.22. The lowest BCUT2D eigenvalue weighted by atomic mass is 9.97. The number of amides is 1. The van der Waals surface area contributed by atoms with E-state index in [4.69, 9.17) is 0 Å². The van der Waals surface area contributed by atoms with Gasteiger partial charge in [-0.05, 0) is 38.8 Å². The first-order valence-electron chi connectivity index (χ1n) is 6.08. The maximum absolute atomic E-state index is 11.8. The van der Waals surface area contributed by atoms with Gasteiger partial charge in [-0.3, -0.25) is 4.79 Å². The number of hydrogen-bond donors (Lipinski definition) is 1. The molecule has 0 aromatic carbocycles. The van der Waals surface area contributed by atoms with Crippen LogP contribution in [0.15, 0.2) is 0 Å². The van der Waals surface area contributed by atoms with Crippen molar-refractivity contribution in [3.05, 3.63) is 0 Å². The van der Waals surface area contributed by atoms with Gasteiger partial charge in [0.15, 0.2) is 9.84 Å². The molecule has 1 aliphatic heterocycles. The van der Waals surface area contributed by atoms with Gasteiger partial charge in [-0.15, -0.1) is 0 Å². The highest BCUT2D eigenvalue weighted by Crippen LogP contribution is 2.13. The van der Waals surface area contributed by atoms with Gasteiger partial charge in [-0.2, -0.15) is 0 Å². The average molecular weight is 262 g/mol. The van der Waals surface area contributed by atoms with E-state index in [1.807, 2.05) is 6.92 Å². The van der Waals surface area contributed by atoms with Gasteiger partial charge >= 0.3 is 0 Å². The lowest BCUT2D eigenvalue weighted by Gasteiger charge is -2.29. The van der Waals surface area contributed by atoms with Gasteiger partial charge in [-0.25, -0.2) is 8.42 Å². The molecule has 1 fully saturated rings. The molecule has 0 bridgehead atoms. The van der Waals surface area contributed by atoms with Crippen LogP contribution in [0, 0.1) is 5.92 Å². The summed E-state index contributed by atoms with van der Waals surface area (Å²) in [4.78, 5) is 13.5. The molecule has 1 N–H and O–H groups in total. The van der Waals surface area contributed by atoms with E-state index in [2.05, 4.69) is 5.32 Å². The summed E-state index contributed by atoms with van der Waals surface area (Å²) in [6.45, 7) is 5.14. The molecule has 1 heterocycles. The minimum atomic E-state index is -3.22. The molecule has 6 heteroatoms. The average Bonchev–Trinajstić information content (AvgIpc) is 2.24. The first-order valence-corrected chi connectivity index (χ1v) is 8.14. The molecule has 0 spiro atoms. The predicted octanol–water partition coefficient (Wildman–Crippen LogP) is -0.121. The van der Waals surface area contributed by atoms with Crippen molar-refractivity contribution in [3.63, 3.8) is 0 Å². The summed E-state index contributed by atoms with van der Waals surface area (Å²) in [5.41, 5.74) is 0. The molecule has 1 amide bonds. The number of piperidine rings is 1. The first kappa shape index (κ1) is 14.4. The first-order chi connectivity index (χ1) is 7.92. The molecule has 0 radical (unpaired) electrons. The Labute approximate surface area is 103 Å². The molecular formula is C11H22N2O3S. The van der Waals surface area contributed by atoms with Crippen molar-refractivity contribution in [1.29, 1.82) is 0 Å². The molecule has 5 nitrogen and oxygen atoms in total. The number of hydrogen-bond acceptors (Lipinski definition) is 4. The molecule has 0 saturated carbocycles. The summed E-state index contributed by atoms with van der Waals surface area (Å²) in [6.07, 6.45) is 3.22. The largest absolute Gasteiger partial charge is 0.342 e. The zero-order valence-electron chi connectivity index (χ0n) is 10.6. The Morgan fingerprint density at radius 2 is 1.94 bits per heavy atom. The number of sulfone groups is 1. The maximum Gasteiger partial charge on any atom is 0.237 e. The Morgan fingerprint density at radius 3 is 2.41 bits per heavy atom. The number of carbonyl (C=O) groups excluding carboxylic acids is 1. The summed E-state index contributed by atoms with van der Waals surface area (Å²) >= 11 is 0. The van der Waals surface area contributed by atoms with Crippen LogP contribution < -0.4 is 5.32 Å². The van der Waals surface area contributed by atoms with Gasteiger partial charge in [-0.1, -0.05) is 0 Å². The number of nitrogens with one attached hydrogen (secondary N) is 1. The summed E-state index contributed by atoms with van der Waals surface area (Å²) < 4.78 is 22.2. The third-order valence-electron chi connectivity index (χ3n) is 3.06. The van der Waals surface area contributed by atoms with Crippen molar-refractivity contribution in [3.8, 4) is 0 Å². The highest BCUT2D eigenvalue weighted by molar-refractivity contribution is 7.91. The summed E-state index contributed by atoms with van der Waals surface area (Å²) in [5, 5.41) is 3.27. The van der Waals surface area contributed by atoms with Crippen molar-refractivity contribution in [2.75, 3.05) is 38.2 Å². The number of rotatable bonds is 5. The van der Waals surface area contributed by atoms with Crippen LogP contribution >= 0.6 is 0 Å². The molecule has 1 rings (SSSR count). The van der Waals surface area contributed by atoms with E-state index in [0.717, 1.165) is 32.2 Å². The normalized spacial score (nSPS) is 18.0. The van der Waals surface area contributed by atoms with Gasteiger partial charge < -0.3 is 10.2 Å². The lowest BCUT2D eigenvalue weighted by molar-refractivity contribution is -0.129. The SMILES string of the molecule is CCN(CC1CCNCC1)C(=O)CS(C)(=O)=O. The van der Waals surface area contributed by atoms with Gasteiger partial charge in [0.05, 0.1) is 0 Å². The molecule has 1 aliphatic rings. The van der Waals surface area contributed by atoms with Crippen LogP contribution in [0.5, 0.6) is 0 Å². The minimum Gasteiger partial charge on any atom is -0.342 e. The summed E-state index contributed by atoms with van der Waals surface area (Å²) in [5.74, 6) is -0.139. The van der Waals surface area contributed by atoms with E-state index in [1.165, 1.54) is 0 Å². The van der Waals surface area contributed by atoms with Crippen molar-refractivity contribution in [2.45, 2.75) is 19.8 Å². The van der Waals surface area contributed by atoms with Crippen molar-refractivity contribution in [2.24, 2.45) is 5.92 Å². The quantitative estimate of drug-likeness (QED) is 0.750. The van der Waals surface area contributed by atoms with Crippen molar-refractivity contribution < 1.29 is 13.2 Å². The molecule has 0 atom stereocenters. The molecule has 17 heavy (non-hydrogen) atoms. The van der Waals surface area contributed by atoms with Crippen LogP contribution in [0.3, 0.4) is 0 Å². The van der Waals surface area contributed by atoms with Crippen LogP contribution in [0.2, 0.25) is 0 Å². The van der Waals surface area contributed by atoms with E-state index < -0.39 is 9.84 Å². The Hall–Kier alpha value is -0.620. The zero-order chi connectivity index (χ0) is 12.9. The smallest absolute Gasteiger partial charge is 0.237 e. The monoisotopic (exact) mass is 262 g/mol. The van der Waals surface area contributed by atoms with Gasteiger partial charge in [0.1, 0.15) is 5.75 Å². The predicted molar refractivity (Wildman–Crippen MR) is 67.6 cm³/mol. The third kappa shape index (κ3) is 5.50. The standard InChI is InChI=1S/C11H22N2O3S/c1-3-13(11(14)9-17(2,15)16)8-10-4-6-12-7-5-10/h10,12H,3-9H2,1-2H3. The summed E-state index contributed by atoms with van der Waals surface area (Å²) in [6, 6.07) is 0. The lowest BCUT2D eigenvalue weighted by Crippen LogP contribution is -2.41. The fourth-order valence-electron chi connectivity index (χ4n) is 2.10. The van der Waals surface area contributed by atoms with E-state index in [1.54, 1.807) is 4.90 Å². The number of carbonyl (C=O) groups is 1. The van der Waals surface area contributed by atoms with E-state index in [9.17, 15) is 13.2 Å². The highest BCUT2D eigenvalue weighted by atomic mass is 32.2. The second-order valence-electron chi connectivity index (χ2n) is 4.70. The molecule has 100 valence electrons. The molecule has 1 saturated heterocycles.